The molecule has 0 saturated heterocycles. The molecule has 114 valence electrons. The van der Waals surface area contributed by atoms with Gasteiger partial charge in [-0.15, -0.1) is 0 Å². The average molecular weight is 378 g/mol. The van der Waals surface area contributed by atoms with E-state index in [-0.39, 0.29) is 41.9 Å². The minimum Gasteiger partial charge on any atom is -0.550 e. The van der Waals surface area contributed by atoms with E-state index in [1.54, 1.807) is 18.2 Å². The summed E-state index contributed by atoms with van der Waals surface area (Å²) < 4.78 is 5.89. The van der Waals surface area contributed by atoms with Crippen LogP contribution in [0.5, 0.6) is 5.75 Å². The Balaban J connectivity index is 0.00000242. The Morgan fingerprint density at radius 3 is 2.50 bits per heavy atom. The first-order valence-corrected chi connectivity index (χ1v) is 7.60. The normalized spacial score (nSPS) is 15.7. The number of nitrogens with one attached hydrogen (secondary N) is 1. The van der Waals surface area contributed by atoms with E-state index in [1.165, 1.54) is 7.11 Å². The van der Waals surface area contributed by atoms with Crippen LogP contribution in [0.25, 0.3) is 0 Å². The quantitative estimate of drug-likeness (QED) is 0.674. The summed E-state index contributed by atoms with van der Waals surface area (Å²) in [5, 5.41) is 14.1. The van der Waals surface area contributed by atoms with Gasteiger partial charge in [0.1, 0.15) is 5.75 Å². The van der Waals surface area contributed by atoms with E-state index in [0.717, 1.165) is 17.3 Å². The molecule has 22 heavy (non-hydrogen) atoms. The van der Waals surface area contributed by atoms with Gasteiger partial charge in [0.15, 0.2) is 0 Å². The van der Waals surface area contributed by atoms with E-state index in [4.69, 9.17) is 4.74 Å². The molecule has 0 radical (unpaired) electrons. The molecule has 7 heteroatoms. The van der Waals surface area contributed by atoms with Crippen LogP contribution >= 0.6 is 15.9 Å². The van der Waals surface area contributed by atoms with E-state index in [1.807, 2.05) is 0 Å². The first kappa shape index (κ1) is 19.5. The van der Waals surface area contributed by atoms with Crippen LogP contribution in [0.4, 0.5) is 5.69 Å². The number of hydrogen-bond acceptors (Lipinski definition) is 4. The van der Waals surface area contributed by atoms with Crippen LogP contribution in [0.15, 0.2) is 22.7 Å². The van der Waals surface area contributed by atoms with Crippen LogP contribution in [-0.2, 0) is 9.59 Å². The number of anilines is 1. The number of ether oxygens (including phenoxy) is 1. The van der Waals surface area contributed by atoms with E-state index >= 15 is 0 Å². The summed E-state index contributed by atoms with van der Waals surface area (Å²) in [4.78, 5) is 23.5. The molecule has 1 aromatic rings. The van der Waals surface area contributed by atoms with Crippen molar-refractivity contribution in [2.24, 2.45) is 5.41 Å². The maximum Gasteiger partial charge on any atom is 1.00 e. The monoisotopic (exact) mass is 377 g/mol. The minimum absolute atomic E-state index is 0. The molecule has 0 aliphatic heterocycles. The molecule has 1 aliphatic carbocycles. The van der Waals surface area contributed by atoms with E-state index in [0.29, 0.717) is 24.3 Å². The summed E-state index contributed by atoms with van der Waals surface area (Å²) in [5.41, 5.74) is -0.446. The van der Waals surface area contributed by atoms with E-state index in [9.17, 15) is 14.7 Å². The number of rotatable bonds is 5. The first-order valence-electron chi connectivity index (χ1n) is 6.81. The van der Waals surface area contributed by atoms with Gasteiger partial charge in [-0.05, 0) is 25.0 Å². The van der Waals surface area contributed by atoms with Gasteiger partial charge in [0.25, 0.3) is 0 Å². The van der Waals surface area contributed by atoms with Crippen LogP contribution < -0.4 is 44.7 Å². The van der Waals surface area contributed by atoms with Crippen molar-refractivity contribution in [2.45, 2.75) is 32.1 Å². The molecule has 1 saturated carbocycles. The standard InChI is InChI=1S/C15H18BrNO4.Na/c1-21-12-7-10(16)6-11(8-12)17-13(18)9-15(14(19)20)4-2-3-5-15;/h6-8H,2-5,9H2,1H3,(H,17,18)(H,19,20);/q;+1/p-1. The van der Waals surface area contributed by atoms with Gasteiger partial charge in [-0.25, -0.2) is 0 Å². The van der Waals surface area contributed by atoms with Crippen molar-refractivity contribution in [3.8, 4) is 5.75 Å². The number of hydrogen-bond donors (Lipinski definition) is 1. The third-order valence-corrected chi connectivity index (χ3v) is 4.34. The van der Waals surface area contributed by atoms with Crippen molar-refractivity contribution in [3.05, 3.63) is 22.7 Å². The average Bonchev–Trinajstić information content (AvgIpc) is 2.87. The van der Waals surface area contributed by atoms with Crippen LogP contribution in [-0.4, -0.2) is 19.0 Å². The Hall–Kier alpha value is -0.560. The van der Waals surface area contributed by atoms with Gasteiger partial charge in [0, 0.05) is 34.0 Å². The Bertz CT molecular complexity index is 558. The maximum atomic E-state index is 12.1. The smallest absolute Gasteiger partial charge is 0.550 e. The number of carboxylic acids is 1. The van der Waals surface area contributed by atoms with Crippen molar-refractivity contribution in [1.82, 2.24) is 0 Å². The molecule has 1 aromatic carbocycles. The SMILES string of the molecule is COc1cc(Br)cc(NC(=O)CC2(C(=O)[O-])CCCC2)c1.[Na+]. The molecule has 1 amide bonds. The summed E-state index contributed by atoms with van der Waals surface area (Å²) in [5.74, 6) is -0.835. The molecular formula is C15H17BrNNaO4. The maximum absolute atomic E-state index is 12.1. The fourth-order valence-corrected chi connectivity index (χ4v) is 3.24. The number of carboxylic acid groups (broad SMARTS) is 1. The molecule has 0 atom stereocenters. The third kappa shape index (κ3) is 4.72. The van der Waals surface area contributed by atoms with Crippen molar-refractivity contribution < 1.29 is 49.0 Å². The summed E-state index contributed by atoms with van der Waals surface area (Å²) in [6.07, 6.45) is 2.61. The van der Waals surface area contributed by atoms with Crippen molar-refractivity contribution in [2.75, 3.05) is 12.4 Å². The molecule has 1 fully saturated rings. The Morgan fingerprint density at radius 1 is 1.32 bits per heavy atom. The van der Waals surface area contributed by atoms with Crippen LogP contribution in [0.3, 0.4) is 0 Å². The largest absolute Gasteiger partial charge is 1.00 e. The topological polar surface area (TPSA) is 78.5 Å². The van der Waals surface area contributed by atoms with Crippen LogP contribution in [0.1, 0.15) is 32.1 Å². The number of aliphatic carboxylic acids is 1. The minimum atomic E-state index is -1.12. The number of halogens is 1. The number of methoxy groups -OCH3 is 1. The molecule has 1 aliphatic rings. The first-order chi connectivity index (χ1) is 9.95. The van der Waals surface area contributed by atoms with Crippen molar-refractivity contribution >= 4 is 33.5 Å². The number of amides is 1. The summed E-state index contributed by atoms with van der Waals surface area (Å²) in [6, 6.07) is 5.19. The molecule has 5 nitrogen and oxygen atoms in total. The van der Waals surface area contributed by atoms with Gasteiger partial charge in [0.05, 0.1) is 7.11 Å². The number of carbonyl (C=O) groups is 2. The predicted octanol–water partition coefficient (Wildman–Crippen LogP) is -0.899. The molecular weight excluding hydrogens is 361 g/mol. The Morgan fingerprint density at radius 2 is 1.95 bits per heavy atom. The molecule has 0 unspecified atom stereocenters. The third-order valence-electron chi connectivity index (χ3n) is 3.88. The summed E-state index contributed by atoms with van der Waals surface area (Å²) in [7, 11) is 1.54. The second-order valence-corrected chi connectivity index (χ2v) is 6.30. The van der Waals surface area contributed by atoms with Crippen LogP contribution in [0.2, 0.25) is 0 Å². The zero-order chi connectivity index (χ0) is 15.5. The Labute approximate surface area is 160 Å². The van der Waals surface area contributed by atoms with E-state index < -0.39 is 11.4 Å². The van der Waals surface area contributed by atoms with Crippen molar-refractivity contribution in [3.63, 3.8) is 0 Å². The summed E-state index contributed by atoms with van der Waals surface area (Å²) in [6.45, 7) is 0. The molecule has 0 heterocycles. The van der Waals surface area contributed by atoms with E-state index in [2.05, 4.69) is 21.2 Å². The number of carbonyl (C=O) groups excluding carboxylic acids is 2. The van der Waals surface area contributed by atoms with Gasteiger partial charge in [-0.1, -0.05) is 28.8 Å². The predicted molar refractivity (Wildman–Crippen MR) is 79.8 cm³/mol. The second-order valence-electron chi connectivity index (χ2n) is 5.38. The van der Waals surface area contributed by atoms with Crippen LogP contribution in [0, 0.1) is 5.41 Å². The molecule has 2 rings (SSSR count). The van der Waals surface area contributed by atoms with Gasteiger partial charge >= 0.3 is 29.6 Å². The zero-order valence-corrected chi connectivity index (χ0v) is 16.4. The second kappa shape index (κ2) is 8.34. The summed E-state index contributed by atoms with van der Waals surface area (Å²) >= 11 is 3.33. The van der Waals surface area contributed by atoms with Gasteiger partial charge in [-0.2, -0.15) is 0 Å². The molecule has 0 spiro atoms. The van der Waals surface area contributed by atoms with Crippen molar-refractivity contribution in [1.29, 1.82) is 0 Å². The fraction of sp³-hybridized carbons (Fsp3) is 0.467. The molecule has 0 aromatic heterocycles. The van der Waals surface area contributed by atoms with Gasteiger partial charge in [-0.3, -0.25) is 4.79 Å². The van der Waals surface area contributed by atoms with Gasteiger partial charge in [0.2, 0.25) is 5.91 Å². The zero-order valence-electron chi connectivity index (χ0n) is 12.8. The molecule has 0 bridgehead atoms. The van der Waals surface area contributed by atoms with Gasteiger partial charge < -0.3 is 20.0 Å². The fourth-order valence-electron chi connectivity index (χ4n) is 2.77. The molecule has 1 N–H and O–H groups in total. The Kier molecular flexibility index (Phi) is 7.38. The number of benzene rings is 1.